The molecule has 1 fully saturated rings. The number of piperidine rings is 1. The summed E-state index contributed by atoms with van der Waals surface area (Å²) in [4.78, 5) is 23.8. The second kappa shape index (κ2) is 4.18. The lowest BCUT2D eigenvalue weighted by atomic mass is 9.95. The molecule has 1 rings (SSSR count). The third-order valence-corrected chi connectivity index (χ3v) is 2.65. The molecule has 2 N–H and O–H groups in total. The van der Waals surface area contributed by atoms with Gasteiger partial charge in [0.05, 0.1) is 5.92 Å². The van der Waals surface area contributed by atoms with E-state index in [-0.39, 0.29) is 11.8 Å². The maximum Gasteiger partial charge on any atom is 0.306 e. The average molecular weight is 215 g/mol. The largest absolute Gasteiger partial charge is 0.481 e. The van der Waals surface area contributed by atoms with E-state index >= 15 is 0 Å². The quantitative estimate of drug-likeness (QED) is 0.684. The molecule has 1 saturated heterocycles. The molecule has 5 nitrogen and oxygen atoms in total. The van der Waals surface area contributed by atoms with Crippen LogP contribution in [0.5, 0.6) is 0 Å². The molecular formula is C10H17NO4. The Balaban J connectivity index is 2.51. The number of nitrogens with zero attached hydrogens (tertiary/aromatic N) is 1. The number of likely N-dealkylation sites (tertiary alicyclic amines) is 1. The lowest BCUT2D eigenvalue weighted by Gasteiger charge is -2.33. The SMILES string of the molecule is CC(C)(O)C(=O)N1CCC(C(=O)O)CC1. The smallest absolute Gasteiger partial charge is 0.306 e. The van der Waals surface area contributed by atoms with Crippen molar-refractivity contribution in [1.29, 1.82) is 0 Å². The zero-order chi connectivity index (χ0) is 11.6. The molecule has 0 radical (unpaired) electrons. The van der Waals surface area contributed by atoms with Gasteiger partial charge in [0.15, 0.2) is 0 Å². The van der Waals surface area contributed by atoms with E-state index in [4.69, 9.17) is 5.11 Å². The van der Waals surface area contributed by atoms with Gasteiger partial charge in [0.1, 0.15) is 5.60 Å². The van der Waals surface area contributed by atoms with Gasteiger partial charge in [-0.15, -0.1) is 0 Å². The van der Waals surface area contributed by atoms with Crippen molar-refractivity contribution in [3.8, 4) is 0 Å². The fourth-order valence-electron chi connectivity index (χ4n) is 1.72. The first kappa shape index (κ1) is 12.0. The van der Waals surface area contributed by atoms with Crippen molar-refractivity contribution in [1.82, 2.24) is 4.90 Å². The highest BCUT2D eigenvalue weighted by Crippen LogP contribution is 2.19. The van der Waals surface area contributed by atoms with Gasteiger partial charge in [-0.3, -0.25) is 9.59 Å². The van der Waals surface area contributed by atoms with Crippen LogP contribution in [0.1, 0.15) is 26.7 Å². The van der Waals surface area contributed by atoms with Crippen LogP contribution in [0.15, 0.2) is 0 Å². The highest BCUT2D eigenvalue weighted by Gasteiger charge is 2.33. The van der Waals surface area contributed by atoms with Gasteiger partial charge in [0.25, 0.3) is 5.91 Å². The van der Waals surface area contributed by atoms with Crippen LogP contribution in [0.4, 0.5) is 0 Å². The van der Waals surface area contributed by atoms with Gasteiger partial charge in [-0.25, -0.2) is 0 Å². The molecule has 1 heterocycles. The fraction of sp³-hybridized carbons (Fsp3) is 0.800. The highest BCUT2D eigenvalue weighted by molar-refractivity contribution is 5.84. The summed E-state index contributed by atoms with van der Waals surface area (Å²) in [7, 11) is 0. The molecule has 86 valence electrons. The Morgan fingerprint density at radius 2 is 1.73 bits per heavy atom. The number of hydrogen-bond acceptors (Lipinski definition) is 3. The Hall–Kier alpha value is -1.10. The first-order valence-electron chi connectivity index (χ1n) is 5.07. The predicted octanol–water partition coefficient (Wildman–Crippen LogP) is 0.0805. The van der Waals surface area contributed by atoms with Crippen LogP contribution in [0.2, 0.25) is 0 Å². The number of rotatable bonds is 2. The molecule has 0 spiro atoms. The van der Waals surface area contributed by atoms with E-state index in [2.05, 4.69) is 0 Å². The molecule has 1 amide bonds. The summed E-state index contributed by atoms with van der Waals surface area (Å²) in [5, 5.41) is 18.3. The maximum absolute atomic E-state index is 11.6. The number of amides is 1. The fourth-order valence-corrected chi connectivity index (χ4v) is 1.72. The van der Waals surface area contributed by atoms with Crippen molar-refractivity contribution < 1.29 is 19.8 Å². The molecule has 1 aliphatic heterocycles. The standard InChI is InChI=1S/C10H17NO4/c1-10(2,15)9(14)11-5-3-7(4-6-11)8(12)13/h7,15H,3-6H2,1-2H3,(H,12,13). The minimum absolute atomic E-state index is 0.327. The number of carboxylic acid groups (broad SMARTS) is 1. The van der Waals surface area contributed by atoms with E-state index in [9.17, 15) is 14.7 Å². The molecule has 0 aromatic rings. The number of hydrogen-bond donors (Lipinski definition) is 2. The maximum atomic E-state index is 11.6. The van der Waals surface area contributed by atoms with Crippen molar-refractivity contribution in [3.05, 3.63) is 0 Å². The van der Waals surface area contributed by atoms with Gasteiger partial charge in [0.2, 0.25) is 0 Å². The number of carbonyl (C=O) groups excluding carboxylic acids is 1. The molecule has 0 atom stereocenters. The first-order chi connectivity index (χ1) is 6.82. The van der Waals surface area contributed by atoms with E-state index in [0.717, 1.165) is 0 Å². The Morgan fingerprint density at radius 3 is 2.07 bits per heavy atom. The minimum atomic E-state index is -1.37. The van der Waals surface area contributed by atoms with E-state index in [1.807, 2.05) is 0 Å². The van der Waals surface area contributed by atoms with Crippen LogP contribution in [0, 0.1) is 5.92 Å². The summed E-state index contributed by atoms with van der Waals surface area (Å²) >= 11 is 0. The monoisotopic (exact) mass is 215 g/mol. The Kier molecular flexibility index (Phi) is 3.34. The topological polar surface area (TPSA) is 77.8 Å². The summed E-state index contributed by atoms with van der Waals surface area (Å²) in [5.74, 6) is -1.48. The second-order valence-electron chi connectivity index (χ2n) is 4.46. The Bertz CT molecular complexity index is 261. The molecule has 0 aromatic heterocycles. The Labute approximate surface area is 88.7 Å². The number of aliphatic hydroxyl groups is 1. The zero-order valence-corrected chi connectivity index (χ0v) is 9.06. The summed E-state index contributed by atoms with van der Waals surface area (Å²) in [6, 6.07) is 0. The number of carboxylic acids is 1. The molecule has 15 heavy (non-hydrogen) atoms. The van der Waals surface area contributed by atoms with Crippen LogP contribution in [-0.2, 0) is 9.59 Å². The van der Waals surface area contributed by atoms with Crippen LogP contribution < -0.4 is 0 Å². The molecule has 0 aromatic carbocycles. The summed E-state index contributed by atoms with van der Waals surface area (Å²) in [6.45, 7) is 3.72. The second-order valence-corrected chi connectivity index (χ2v) is 4.46. The van der Waals surface area contributed by atoms with Gasteiger partial charge >= 0.3 is 5.97 Å². The molecule has 1 aliphatic rings. The minimum Gasteiger partial charge on any atom is -0.481 e. The lowest BCUT2D eigenvalue weighted by Crippen LogP contribution is -2.49. The van der Waals surface area contributed by atoms with Gasteiger partial charge in [0, 0.05) is 13.1 Å². The van der Waals surface area contributed by atoms with E-state index in [1.54, 1.807) is 0 Å². The lowest BCUT2D eigenvalue weighted by molar-refractivity contribution is -0.152. The van der Waals surface area contributed by atoms with Crippen LogP contribution in [0.3, 0.4) is 0 Å². The molecule has 0 unspecified atom stereocenters. The highest BCUT2D eigenvalue weighted by atomic mass is 16.4. The predicted molar refractivity (Wildman–Crippen MR) is 53.2 cm³/mol. The van der Waals surface area contributed by atoms with Gasteiger partial charge in [-0.1, -0.05) is 0 Å². The van der Waals surface area contributed by atoms with E-state index in [1.165, 1.54) is 18.7 Å². The van der Waals surface area contributed by atoms with Crippen molar-refractivity contribution in [2.75, 3.05) is 13.1 Å². The van der Waals surface area contributed by atoms with E-state index < -0.39 is 11.6 Å². The van der Waals surface area contributed by atoms with Gasteiger partial charge in [-0.2, -0.15) is 0 Å². The number of aliphatic carboxylic acids is 1. The number of carbonyl (C=O) groups is 2. The Morgan fingerprint density at radius 1 is 1.27 bits per heavy atom. The first-order valence-corrected chi connectivity index (χ1v) is 5.07. The summed E-state index contributed by atoms with van der Waals surface area (Å²) in [5.41, 5.74) is -1.37. The van der Waals surface area contributed by atoms with Crippen molar-refractivity contribution in [2.45, 2.75) is 32.3 Å². The third kappa shape index (κ3) is 2.92. The zero-order valence-electron chi connectivity index (χ0n) is 9.06. The molecule has 0 bridgehead atoms. The molecular weight excluding hydrogens is 198 g/mol. The molecule has 0 aliphatic carbocycles. The summed E-state index contributed by atoms with van der Waals surface area (Å²) in [6.07, 6.45) is 0.939. The normalized spacial score (nSPS) is 19.0. The third-order valence-electron chi connectivity index (χ3n) is 2.65. The van der Waals surface area contributed by atoms with Crippen LogP contribution in [-0.4, -0.2) is 45.7 Å². The van der Waals surface area contributed by atoms with Crippen LogP contribution >= 0.6 is 0 Å². The summed E-state index contributed by atoms with van der Waals surface area (Å²) < 4.78 is 0. The van der Waals surface area contributed by atoms with Gasteiger partial charge in [-0.05, 0) is 26.7 Å². The average Bonchev–Trinajstić information content (AvgIpc) is 2.15. The molecule has 0 saturated carbocycles. The van der Waals surface area contributed by atoms with Crippen molar-refractivity contribution in [2.24, 2.45) is 5.92 Å². The van der Waals surface area contributed by atoms with Crippen molar-refractivity contribution in [3.63, 3.8) is 0 Å². The van der Waals surface area contributed by atoms with E-state index in [0.29, 0.717) is 25.9 Å². The van der Waals surface area contributed by atoms with Gasteiger partial charge < -0.3 is 15.1 Å². The molecule has 5 heteroatoms. The van der Waals surface area contributed by atoms with Crippen LogP contribution in [0.25, 0.3) is 0 Å². The van der Waals surface area contributed by atoms with Crippen molar-refractivity contribution >= 4 is 11.9 Å².